The van der Waals surface area contributed by atoms with Gasteiger partial charge in [-0.2, -0.15) is 0 Å². The van der Waals surface area contributed by atoms with Crippen LogP contribution in [-0.2, 0) is 22.6 Å². The summed E-state index contributed by atoms with van der Waals surface area (Å²) >= 11 is 0. The molecule has 2 aliphatic rings. The van der Waals surface area contributed by atoms with Crippen LogP contribution >= 0.6 is 0 Å². The Morgan fingerprint density at radius 3 is 2.70 bits per heavy atom. The summed E-state index contributed by atoms with van der Waals surface area (Å²) in [6.07, 6.45) is 4.95. The molecule has 27 heavy (non-hydrogen) atoms. The summed E-state index contributed by atoms with van der Waals surface area (Å²) < 4.78 is 11.7. The fraction of sp³-hybridized carbons (Fsp3) is 0.667. The molecule has 2 saturated heterocycles. The van der Waals surface area contributed by atoms with Crippen LogP contribution in [0.2, 0.25) is 0 Å². The molecule has 150 valence electrons. The molecule has 1 atom stereocenters. The Hall–Kier alpha value is -1.63. The summed E-state index contributed by atoms with van der Waals surface area (Å²) in [6, 6.07) is 7.93. The number of nitrogens with zero attached hydrogens (tertiary/aromatic N) is 2. The Labute approximate surface area is 162 Å². The molecule has 2 aliphatic heterocycles. The highest BCUT2D eigenvalue weighted by molar-refractivity contribution is 5.80. The van der Waals surface area contributed by atoms with Crippen molar-refractivity contribution in [2.24, 2.45) is 4.99 Å². The van der Waals surface area contributed by atoms with Gasteiger partial charge in [0, 0.05) is 26.2 Å². The van der Waals surface area contributed by atoms with E-state index in [1.165, 1.54) is 0 Å². The first kappa shape index (κ1) is 20.1. The maximum absolute atomic E-state index is 9.50. The Morgan fingerprint density at radius 2 is 2.04 bits per heavy atom. The Kier molecular flexibility index (Phi) is 7.93. The molecule has 0 amide bonds. The van der Waals surface area contributed by atoms with Gasteiger partial charge in [0.1, 0.15) is 0 Å². The van der Waals surface area contributed by atoms with Crippen molar-refractivity contribution in [1.29, 1.82) is 0 Å². The smallest absolute Gasteiger partial charge is 0.194 e. The van der Waals surface area contributed by atoms with Crippen molar-refractivity contribution in [2.45, 2.75) is 58.0 Å². The van der Waals surface area contributed by atoms with Gasteiger partial charge >= 0.3 is 0 Å². The lowest BCUT2D eigenvalue weighted by Gasteiger charge is -2.34. The van der Waals surface area contributed by atoms with Gasteiger partial charge in [-0.25, -0.2) is 4.99 Å². The van der Waals surface area contributed by atoms with Gasteiger partial charge in [0.25, 0.3) is 0 Å². The first-order valence-electron chi connectivity index (χ1n) is 10.2. The fourth-order valence-corrected chi connectivity index (χ4v) is 3.71. The number of hydrogen-bond donors (Lipinski definition) is 2. The second kappa shape index (κ2) is 10.6. The first-order valence-corrected chi connectivity index (χ1v) is 10.2. The lowest BCUT2D eigenvalue weighted by Crippen LogP contribution is -2.47. The van der Waals surface area contributed by atoms with E-state index in [-0.39, 0.29) is 6.61 Å². The minimum Gasteiger partial charge on any atom is -0.392 e. The van der Waals surface area contributed by atoms with E-state index in [0.29, 0.717) is 18.8 Å². The summed E-state index contributed by atoms with van der Waals surface area (Å²) in [7, 11) is 0. The largest absolute Gasteiger partial charge is 0.392 e. The van der Waals surface area contributed by atoms with E-state index in [4.69, 9.17) is 14.5 Å². The van der Waals surface area contributed by atoms with Crippen LogP contribution in [-0.4, -0.2) is 61.0 Å². The maximum atomic E-state index is 9.50. The number of guanidine groups is 1. The van der Waals surface area contributed by atoms with Gasteiger partial charge in [-0.1, -0.05) is 24.3 Å². The van der Waals surface area contributed by atoms with Gasteiger partial charge in [0.2, 0.25) is 0 Å². The van der Waals surface area contributed by atoms with Gasteiger partial charge in [0.15, 0.2) is 5.96 Å². The summed E-state index contributed by atoms with van der Waals surface area (Å²) in [5, 5.41) is 12.9. The van der Waals surface area contributed by atoms with E-state index in [9.17, 15) is 5.11 Å². The third-order valence-corrected chi connectivity index (χ3v) is 5.31. The van der Waals surface area contributed by atoms with Crippen LogP contribution in [0.3, 0.4) is 0 Å². The van der Waals surface area contributed by atoms with E-state index in [1.807, 2.05) is 24.3 Å². The molecule has 0 aliphatic carbocycles. The number of hydrogen-bond acceptors (Lipinski definition) is 4. The summed E-state index contributed by atoms with van der Waals surface area (Å²) in [5.74, 6) is 0.947. The van der Waals surface area contributed by atoms with Crippen LogP contribution in [0.1, 0.15) is 43.7 Å². The SMILES string of the molecule is CCNC(=NCc1ccccc1CO)N1CCC(OCC2CCCO2)CC1. The Balaban J connectivity index is 1.51. The van der Waals surface area contributed by atoms with Gasteiger partial charge in [-0.15, -0.1) is 0 Å². The predicted octanol–water partition coefficient (Wildman–Crippen LogP) is 2.30. The molecular weight excluding hydrogens is 342 g/mol. The van der Waals surface area contributed by atoms with Crippen molar-refractivity contribution in [1.82, 2.24) is 10.2 Å². The highest BCUT2D eigenvalue weighted by Crippen LogP contribution is 2.18. The van der Waals surface area contributed by atoms with Crippen molar-refractivity contribution in [3.8, 4) is 0 Å². The molecule has 6 nitrogen and oxygen atoms in total. The van der Waals surface area contributed by atoms with Crippen LogP contribution in [0.5, 0.6) is 0 Å². The van der Waals surface area contributed by atoms with Crippen molar-refractivity contribution >= 4 is 5.96 Å². The van der Waals surface area contributed by atoms with Crippen LogP contribution in [0.4, 0.5) is 0 Å². The lowest BCUT2D eigenvalue weighted by molar-refractivity contribution is -0.0367. The maximum Gasteiger partial charge on any atom is 0.194 e. The molecule has 2 fully saturated rings. The predicted molar refractivity (Wildman–Crippen MR) is 107 cm³/mol. The summed E-state index contributed by atoms with van der Waals surface area (Å²) in [6.45, 7) is 7.08. The lowest BCUT2D eigenvalue weighted by atomic mass is 10.1. The molecule has 0 spiro atoms. The quantitative estimate of drug-likeness (QED) is 0.565. The fourth-order valence-electron chi connectivity index (χ4n) is 3.71. The zero-order valence-electron chi connectivity index (χ0n) is 16.4. The molecule has 1 unspecified atom stereocenters. The molecule has 1 aromatic rings. The first-order chi connectivity index (χ1) is 13.3. The zero-order valence-corrected chi connectivity index (χ0v) is 16.4. The molecule has 6 heteroatoms. The van der Waals surface area contributed by atoms with Crippen LogP contribution in [0, 0.1) is 0 Å². The van der Waals surface area contributed by atoms with Gasteiger partial charge in [-0.05, 0) is 43.7 Å². The van der Waals surface area contributed by atoms with E-state index in [0.717, 1.165) is 75.6 Å². The number of aliphatic hydroxyl groups is 1. The number of rotatable bonds is 7. The molecule has 0 bridgehead atoms. The summed E-state index contributed by atoms with van der Waals surface area (Å²) in [4.78, 5) is 7.13. The van der Waals surface area contributed by atoms with Gasteiger partial charge in [0.05, 0.1) is 32.0 Å². The van der Waals surface area contributed by atoms with Gasteiger partial charge < -0.3 is 24.8 Å². The van der Waals surface area contributed by atoms with E-state index in [2.05, 4.69) is 17.1 Å². The molecule has 0 saturated carbocycles. The third-order valence-electron chi connectivity index (χ3n) is 5.31. The van der Waals surface area contributed by atoms with Gasteiger partial charge in [-0.3, -0.25) is 0 Å². The highest BCUT2D eigenvalue weighted by atomic mass is 16.5. The zero-order chi connectivity index (χ0) is 18.9. The molecule has 2 heterocycles. The number of likely N-dealkylation sites (tertiary alicyclic amines) is 1. The van der Waals surface area contributed by atoms with Crippen LogP contribution in [0.15, 0.2) is 29.3 Å². The normalized spacial score (nSPS) is 21.6. The number of ether oxygens (including phenoxy) is 2. The number of nitrogens with one attached hydrogen (secondary N) is 1. The molecule has 2 N–H and O–H groups in total. The summed E-state index contributed by atoms with van der Waals surface area (Å²) in [5.41, 5.74) is 2.02. The van der Waals surface area contributed by atoms with E-state index < -0.39 is 0 Å². The molecule has 3 rings (SSSR count). The molecule has 0 radical (unpaired) electrons. The monoisotopic (exact) mass is 375 g/mol. The minimum absolute atomic E-state index is 0.0513. The second-order valence-corrected chi connectivity index (χ2v) is 7.25. The highest BCUT2D eigenvalue weighted by Gasteiger charge is 2.24. The van der Waals surface area contributed by atoms with Crippen molar-refractivity contribution in [3.63, 3.8) is 0 Å². The number of aliphatic hydroxyl groups excluding tert-OH is 1. The number of aliphatic imine (C=N–C) groups is 1. The average molecular weight is 376 g/mol. The van der Waals surface area contributed by atoms with Crippen molar-refractivity contribution in [3.05, 3.63) is 35.4 Å². The van der Waals surface area contributed by atoms with Crippen LogP contribution in [0.25, 0.3) is 0 Å². The number of piperidine rings is 1. The topological polar surface area (TPSA) is 66.3 Å². The standard InChI is InChI=1S/C21H33N3O3/c1-2-22-21(23-14-17-6-3-4-7-18(17)15-25)24-11-9-19(10-12-24)27-16-20-8-5-13-26-20/h3-4,6-7,19-20,25H,2,5,8-16H2,1H3,(H,22,23). The molecule has 1 aromatic carbocycles. The number of benzene rings is 1. The van der Waals surface area contributed by atoms with E-state index >= 15 is 0 Å². The minimum atomic E-state index is 0.0513. The molecule has 0 aromatic heterocycles. The van der Waals surface area contributed by atoms with E-state index in [1.54, 1.807) is 0 Å². The molecular formula is C21H33N3O3. The Bertz CT molecular complexity index is 594. The second-order valence-electron chi connectivity index (χ2n) is 7.25. The average Bonchev–Trinajstić information content (AvgIpc) is 3.24. The van der Waals surface area contributed by atoms with Crippen LogP contribution < -0.4 is 5.32 Å². The van der Waals surface area contributed by atoms with Crippen molar-refractivity contribution < 1.29 is 14.6 Å². The Morgan fingerprint density at radius 1 is 1.26 bits per heavy atom. The van der Waals surface area contributed by atoms with Crippen molar-refractivity contribution in [2.75, 3.05) is 32.8 Å². The third kappa shape index (κ3) is 5.92.